The Labute approximate surface area is 111 Å². The largest absolute Gasteiger partial charge is 0.480 e. The first-order chi connectivity index (χ1) is 9.01. The highest BCUT2D eigenvalue weighted by Gasteiger charge is 2.40. The van der Waals surface area contributed by atoms with Crippen LogP contribution in [0.15, 0.2) is 0 Å². The normalized spacial score (nSPS) is 34.5. The van der Waals surface area contributed by atoms with Gasteiger partial charge in [-0.25, -0.2) is 9.59 Å². The Morgan fingerprint density at radius 3 is 2.63 bits per heavy atom. The van der Waals surface area contributed by atoms with E-state index < -0.39 is 24.1 Å². The second-order valence-electron chi connectivity index (χ2n) is 5.21. The first-order valence-corrected chi connectivity index (χ1v) is 6.52. The number of carbonyl (C=O) groups is 2. The second-order valence-corrected chi connectivity index (χ2v) is 5.21. The first kappa shape index (κ1) is 14.1. The fourth-order valence-electron chi connectivity index (χ4n) is 2.82. The lowest BCUT2D eigenvalue weighted by atomic mass is 10.2. The van der Waals surface area contributed by atoms with Gasteiger partial charge in [-0.15, -0.1) is 0 Å². The number of hydrogen-bond donors (Lipinski definition) is 3. The Morgan fingerprint density at radius 2 is 2.05 bits per heavy atom. The van der Waals surface area contributed by atoms with Crippen molar-refractivity contribution in [2.75, 3.05) is 13.7 Å². The minimum absolute atomic E-state index is 0.0182. The predicted molar refractivity (Wildman–Crippen MR) is 65.7 cm³/mol. The van der Waals surface area contributed by atoms with E-state index in [2.05, 4.69) is 5.32 Å². The van der Waals surface area contributed by atoms with E-state index in [0.717, 1.165) is 19.3 Å². The summed E-state index contributed by atoms with van der Waals surface area (Å²) in [4.78, 5) is 24.3. The van der Waals surface area contributed by atoms with Crippen LogP contribution in [0.1, 0.15) is 25.7 Å². The molecule has 7 heteroatoms. The van der Waals surface area contributed by atoms with E-state index >= 15 is 0 Å². The number of aliphatic hydroxyl groups excluding tert-OH is 1. The maximum absolute atomic E-state index is 12.1. The van der Waals surface area contributed by atoms with Gasteiger partial charge in [-0.05, 0) is 19.3 Å². The Balaban J connectivity index is 1.90. The third-order valence-corrected chi connectivity index (χ3v) is 3.87. The monoisotopic (exact) mass is 272 g/mol. The van der Waals surface area contributed by atoms with Gasteiger partial charge in [-0.3, -0.25) is 0 Å². The number of ether oxygens (including phenoxy) is 1. The first-order valence-electron chi connectivity index (χ1n) is 6.52. The van der Waals surface area contributed by atoms with Crippen molar-refractivity contribution >= 4 is 12.0 Å². The van der Waals surface area contributed by atoms with E-state index in [4.69, 9.17) is 9.84 Å². The van der Waals surface area contributed by atoms with Crippen molar-refractivity contribution in [1.82, 2.24) is 10.2 Å². The number of methoxy groups -OCH3 is 1. The lowest BCUT2D eigenvalue weighted by molar-refractivity contribution is -0.141. The van der Waals surface area contributed by atoms with Crippen molar-refractivity contribution in [3.63, 3.8) is 0 Å². The molecule has 7 nitrogen and oxygen atoms in total. The number of amides is 2. The van der Waals surface area contributed by atoms with Crippen LogP contribution >= 0.6 is 0 Å². The molecule has 0 bridgehead atoms. The summed E-state index contributed by atoms with van der Waals surface area (Å²) in [7, 11) is 1.64. The topological polar surface area (TPSA) is 99.1 Å². The molecular weight excluding hydrogens is 252 g/mol. The van der Waals surface area contributed by atoms with Crippen LogP contribution in [0.4, 0.5) is 4.79 Å². The molecule has 1 saturated carbocycles. The molecule has 0 aromatic heterocycles. The Bertz CT molecular complexity index is 362. The molecule has 19 heavy (non-hydrogen) atoms. The van der Waals surface area contributed by atoms with Crippen molar-refractivity contribution < 1.29 is 24.5 Å². The number of rotatable bonds is 3. The van der Waals surface area contributed by atoms with Gasteiger partial charge in [0, 0.05) is 26.1 Å². The third-order valence-electron chi connectivity index (χ3n) is 3.87. The fraction of sp³-hybridized carbons (Fsp3) is 0.833. The molecule has 2 rings (SSSR count). The van der Waals surface area contributed by atoms with Crippen LogP contribution < -0.4 is 5.32 Å². The number of carboxylic acids is 1. The molecule has 2 aliphatic rings. The van der Waals surface area contributed by atoms with Crippen LogP contribution in [0.25, 0.3) is 0 Å². The van der Waals surface area contributed by atoms with Crippen molar-refractivity contribution in [3.8, 4) is 0 Å². The number of nitrogens with one attached hydrogen (secondary N) is 1. The summed E-state index contributed by atoms with van der Waals surface area (Å²) in [6.07, 6.45) is 1.96. The molecule has 0 aromatic rings. The van der Waals surface area contributed by atoms with E-state index in [1.807, 2.05) is 0 Å². The third kappa shape index (κ3) is 3.16. The summed E-state index contributed by atoms with van der Waals surface area (Å²) < 4.78 is 5.23. The molecule has 4 atom stereocenters. The zero-order valence-corrected chi connectivity index (χ0v) is 10.9. The van der Waals surface area contributed by atoms with Crippen LogP contribution in [-0.2, 0) is 9.53 Å². The van der Waals surface area contributed by atoms with Crippen molar-refractivity contribution in [1.29, 1.82) is 0 Å². The smallest absolute Gasteiger partial charge is 0.326 e. The zero-order valence-electron chi connectivity index (χ0n) is 10.9. The van der Waals surface area contributed by atoms with Crippen LogP contribution in [0, 0.1) is 0 Å². The van der Waals surface area contributed by atoms with E-state index in [9.17, 15) is 14.7 Å². The van der Waals surface area contributed by atoms with Gasteiger partial charge >= 0.3 is 12.0 Å². The number of urea groups is 1. The average Bonchev–Trinajstić information content (AvgIpc) is 2.95. The molecule has 108 valence electrons. The number of carbonyl (C=O) groups excluding carboxylic acids is 1. The molecule has 1 saturated heterocycles. The van der Waals surface area contributed by atoms with Crippen molar-refractivity contribution in [2.45, 2.75) is 50.0 Å². The number of β-amino-alcohol motifs (C(OH)–C–C–N with tert-alkyl or cyclic N) is 1. The van der Waals surface area contributed by atoms with Crippen molar-refractivity contribution in [2.24, 2.45) is 0 Å². The molecule has 1 heterocycles. The van der Waals surface area contributed by atoms with Crippen LogP contribution in [0.2, 0.25) is 0 Å². The molecule has 0 aromatic carbocycles. The molecule has 2 fully saturated rings. The van der Waals surface area contributed by atoms with Gasteiger partial charge in [0.15, 0.2) is 0 Å². The summed E-state index contributed by atoms with van der Waals surface area (Å²) >= 11 is 0. The lowest BCUT2D eigenvalue weighted by Crippen LogP contribution is -2.48. The number of likely N-dealkylation sites (tertiary alicyclic amines) is 1. The van der Waals surface area contributed by atoms with Gasteiger partial charge in [0.05, 0.1) is 12.2 Å². The lowest BCUT2D eigenvalue weighted by Gasteiger charge is -2.24. The number of hydrogen-bond acceptors (Lipinski definition) is 4. The maximum Gasteiger partial charge on any atom is 0.326 e. The molecule has 2 unspecified atom stereocenters. The average molecular weight is 272 g/mol. The van der Waals surface area contributed by atoms with Gasteiger partial charge in [-0.2, -0.15) is 0 Å². The second kappa shape index (κ2) is 5.75. The SMILES string of the molecule is COC1CCC(NC(=O)N2C[C@H](O)C[C@H]2C(=O)O)C1. The number of aliphatic hydroxyl groups is 1. The molecular formula is C12H20N2O5. The number of carboxylic acid groups (broad SMARTS) is 1. The van der Waals surface area contributed by atoms with E-state index in [1.54, 1.807) is 7.11 Å². The summed E-state index contributed by atoms with van der Waals surface area (Å²) in [5, 5.41) is 21.4. The van der Waals surface area contributed by atoms with Crippen molar-refractivity contribution in [3.05, 3.63) is 0 Å². The van der Waals surface area contributed by atoms with E-state index in [0.29, 0.717) is 0 Å². The standard InChI is InChI=1S/C12H20N2O5/c1-19-9-3-2-7(4-9)13-12(18)14-6-8(15)5-10(14)11(16)17/h7-10,15H,2-6H2,1H3,(H,13,18)(H,16,17)/t7?,8-,9?,10+/m1/s1. The highest BCUT2D eigenvalue weighted by Crippen LogP contribution is 2.23. The summed E-state index contributed by atoms with van der Waals surface area (Å²) in [6, 6.07) is -1.33. The number of nitrogens with zero attached hydrogens (tertiary/aromatic N) is 1. The molecule has 2 amide bonds. The summed E-state index contributed by atoms with van der Waals surface area (Å²) in [5.74, 6) is -1.08. The summed E-state index contributed by atoms with van der Waals surface area (Å²) in [5.41, 5.74) is 0. The Morgan fingerprint density at radius 1 is 1.32 bits per heavy atom. The van der Waals surface area contributed by atoms with E-state index in [1.165, 1.54) is 4.90 Å². The van der Waals surface area contributed by atoms with Gasteiger partial charge < -0.3 is 25.2 Å². The van der Waals surface area contributed by atoms with Gasteiger partial charge in [0.1, 0.15) is 6.04 Å². The quantitative estimate of drug-likeness (QED) is 0.660. The van der Waals surface area contributed by atoms with Crippen LogP contribution in [0.3, 0.4) is 0 Å². The molecule has 1 aliphatic carbocycles. The van der Waals surface area contributed by atoms with Gasteiger partial charge in [-0.1, -0.05) is 0 Å². The minimum Gasteiger partial charge on any atom is -0.480 e. The highest BCUT2D eigenvalue weighted by atomic mass is 16.5. The molecule has 0 spiro atoms. The van der Waals surface area contributed by atoms with Crippen LogP contribution in [0.5, 0.6) is 0 Å². The Hall–Kier alpha value is -1.34. The van der Waals surface area contributed by atoms with Gasteiger partial charge in [0.25, 0.3) is 0 Å². The molecule has 0 radical (unpaired) electrons. The Kier molecular flexibility index (Phi) is 4.26. The van der Waals surface area contributed by atoms with E-state index in [-0.39, 0.29) is 25.1 Å². The maximum atomic E-state index is 12.1. The predicted octanol–water partition coefficient (Wildman–Crippen LogP) is -0.217. The fourth-order valence-corrected chi connectivity index (χ4v) is 2.82. The number of aliphatic carboxylic acids is 1. The molecule has 1 aliphatic heterocycles. The van der Waals surface area contributed by atoms with Crippen LogP contribution in [-0.4, -0.2) is 65.1 Å². The molecule has 3 N–H and O–H groups in total. The minimum atomic E-state index is -1.08. The highest BCUT2D eigenvalue weighted by molar-refractivity contribution is 5.83. The summed E-state index contributed by atoms with van der Waals surface area (Å²) in [6.45, 7) is 0.0726. The zero-order chi connectivity index (χ0) is 14.0. The van der Waals surface area contributed by atoms with Gasteiger partial charge in [0.2, 0.25) is 0 Å².